The molecule has 2 nitrogen and oxygen atoms in total. The molecular formula is C15H30N2. The molecule has 1 aliphatic heterocycles. The maximum atomic E-state index is 6.26. The third kappa shape index (κ3) is 2.15. The van der Waals surface area contributed by atoms with E-state index in [9.17, 15) is 0 Å². The smallest absolute Gasteiger partial charge is 0.0365 e. The highest BCUT2D eigenvalue weighted by molar-refractivity contribution is 5.06. The first-order chi connectivity index (χ1) is 8.07. The second-order valence-electron chi connectivity index (χ2n) is 6.73. The highest BCUT2D eigenvalue weighted by Crippen LogP contribution is 2.46. The van der Waals surface area contributed by atoms with Crippen molar-refractivity contribution in [2.75, 3.05) is 13.1 Å². The first-order valence-corrected chi connectivity index (χ1v) is 7.54. The number of nitrogens with two attached hydrogens (primary N) is 1. The predicted octanol–water partition coefficient (Wildman–Crippen LogP) is 3.16. The maximum Gasteiger partial charge on any atom is 0.0365 e. The summed E-state index contributed by atoms with van der Waals surface area (Å²) >= 11 is 0. The van der Waals surface area contributed by atoms with E-state index in [4.69, 9.17) is 5.73 Å². The van der Waals surface area contributed by atoms with E-state index in [1.807, 2.05) is 0 Å². The van der Waals surface area contributed by atoms with Crippen molar-refractivity contribution < 1.29 is 0 Å². The van der Waals surface area contributed by atoms with Gasteiger partial charge >= 0.3 is 0 Å². The van der Waals surface area contributed by atoms with Crippen LogP contribution in [0.2, 0.25) is 0 Å². The van der Waals surface area contributed by atoms with Crippen LogP contribution in [0.25, 0.3) is 0 Å². The molecule has 2 rings (SSSR count). The van der Waals surface area contributed by atoms with E-state index in [0.29, 0.717) is 11.1 Å². The van der Waals surface area contributed by atoms with Gasteiger partial charge in [0.2, 0.25) is 0 Å². The summed E-state index contributed by atoms with van der Waals surface area (Å²) in [6, 6.07) is 0. The summed E-state index contributed by atoms with van der Waals surface area (Å²) in [5, 5.41) is 0. The first-order valence-electron chi connectivity index (χ1n) is 7.54. The van der Waals surface area contributed by atoms with Crippen molar-refractivity contribution >= 4 is 0 Å². The Morgan fingerprint density at radius 1 is 1.18 bits per heavy atom. The van der Waals surface area contributed by atoms with Crippen LogP contribution in [0.1, 0.15) is 65.7 Å². The van der Waals surface area contributed by atoms with Gasteiger partial charge in [-0.25, -0.2) is 0 Å². The summed E-state index contributed by atoms with van der Waals surface area (Å²) in [7, 11) is 0. The van der Waals surface area contributed by atoms with Crippen molar-refractivity contribution in [2.24, 2.45) is 11.7 Å². The summed E-state index contributed by atoms with van der Waals surface area (Å²) in [5.41, 5.74) is 6.94. The molecule has 1 saturated heterocycles. The van der Waals surface area contributed by atoms with Crippen LogP contribution in [-0.2, 0) is 0 Å². The molecule has 1 heterocycles. The zero-order chi connectivity index (χ0) is 12.5. The van der Waals surface area contributed by atoms with Crippen LogP contribution in [0.15, 0.2) is 0 Å². The van der Waals surface area contributed by atoms with Gasteiger partial charge < -0.3 is 5.73 Å². The normalized spacial score (nSPS) is 38.5. The Balaban J connectivity index is 2.28. The minimum Gasteiger partial charge on any atom is -0.329 e. The summed E-state index contributed by atoms with van der Waals surface area (Å²) in [5.74, 6) is 0.818. The molecular weight excluding hydrogens is 208 g/mol. The molecule has 17 heavy (non-hydrogen) atoms. The second-order valence-corrected chi connectivity index (χ2v) is 6.73. The van der Waals surface area contributed by atoms with Crippen LogP contribution < -0.4 is 5.73 Å². The minimum absolute atomic E-state index is 0.312. The van der Waals surface area contributed by atoms with Gasteiger partial charge in [0.1, 0.15) is 0 Å². The van der Waals surface area contributed by atoms with Gasteiger partial charge in [0.15, 0.2) is 0 Å². The van der Waals surface area contributed by atoms with Gasteiger partial charge in [0.25, 0.3) is 0 Å². The Hall–Kier alpha value is -0.0800. The average Bonchev–Trinajstić information content (AvgIpc) is 2.69. The Bertz CT molecular complexity index is 262. The number of rotatable bonds is 3. The van der Waals surface area contributed by atoms with Crippen LogP contribution in [0.3, 0.4) is 0 Å². The van der Waals surface area contributed by atoms with Crippen LogP contribution in [0.4, 0.5) is 0 Å². The van der Waals surface area contributed by atoms with Crippen molar-refractivity contribution in [2.45, 2.75) is 76.8 Å². The van der Waals surface area contributed by atoms with Crippen LogP contribution in [-0.4, -0.2) is 29.1 Å². The number of hydrogen-bond acceptors (Lipinski definition) is 2. The highest BCUT2D eigenvalue weighted by atomic mass is 15.3. The van der Waals surface area contributed by atoms with Gasteiger partial charge in [-0.2, -0.15) is 0 Å². The van der Waals surface area contributed by atoms with Crippen molar-refractivity contribution in [3.8, 4) is 0 Å². The van der Waals surface area contributed by atoms with E-state index < -0.39 is 0 Å². The van der Waals surface area contributed by atoms with Gasteiger partial charge in [0, 0.05) is 17.6 Å². The fourth-order valence-corrected chi connectivity index (χ4v) is 4.55. The molecule has 1 aliphatic carbocycles. The summed E-state index contributed by atoms with van der Waals surface area (Å²) in [6.45, 7) is 9.30. The Kier molecular flexibility index (Phi) is 3.84. The lowest BCUT2D eigenvalue weighted by Crippen LogP contribution is -2.63. The summed E-state index contributed by atoms with van der Waals surface area (Å²) in [4.78, 5) is 2.79. The standard InChI is InChI=1S/C15H30N2/c1-4-13-8-5-6-10-15(13,12-16)17-11-7-9-14(17,2)3/h13H,4-12,16H2,1-3H3. The van der Waals surface area contributed by atoms with Crippen LogP contribution in [0.5, 0.6) is 0 Å². The van der Waals surface area contributed by atoms with E-state index in [0.717, 1.165) is 12.5 Å². The lowest BCUT2D eigenvalue weighted by atomic mass is 9.69. The molecule has 0 amide bonds. The van der Waals surface area contributed by atoms with Gasteiger partial charge in [-0.3, -0.25) is 4.90 Å². The van der Waals surface area contributed by atoms with Gasteiger partial charge in [-0.05, 0) is 52.0 Å². The van der Waals surface area contributed by atoms with Crippen molar-refractivity contribution in [3.05, 3.63) is 0 Å². The molecule has 0 aromatic carbocycles. The first kappa shape index (κ1) is 13.4. The zero-order valence-electron chi connectivity index (χ0n) is 12.0. The monoisotopic (exact) mass is 238 g/mol. The third-order valence-electron chi connectivity index (χ3n) is 5.46. The number of nitrogens with zero attached hydrogens (tertiary/aromatic N) is 1. The molecule has 2 aliphatic rings. The molecule has 0 aromatic heterocycles. The largest absolute Gasteiger partial charge is 0.329 e. The predicted molar refractivity (Wildman–Crippen MR) is 74.1 cm³/mol. The van der Waals surface area contributed by atoms with Crippen LogP contribution in [0, 0.1) is 5.92 Å². The van der Waals surface area contributed by atoms with Crippen LogP contribution >= 0.6 is 0 Å². The Morgan fingerprint density at radius 3 is 2.47 bits per heavy atom. The molecule has 1 saturated carbocycles. The summed E-state index contributed by atoms with van der Waals surface area (Å²) in [6.07, 6.45) is 9.49. The van der Waals surface area contributed by atoms with Crippen molar-refractivity contribution in [1.29, 1.82) is 0 Å². The quantitative estimate of drug-likeness (QED) is 0.818. The highest BCUT2D eigenvalue weighted by Gasteiger charge is 2.49. The Labute approximate surface area is 107 Å². The van der Waals surface area contributed by atoms with E-state index in [-0.39, 0.29) is 0 Å². The number of hydrogen-bond donors (Lipinski definition) is 1. The average molecular weight is 238 g/mol. The minimum atomic E-state index is 0.312. The molecule has 0 bridgehead atoms. The summed E-state index contributed by atoms with van der Waals surface area (Å²) < 4.78 is 0. The number of likely N-dealkylation sites (tertiary alicyclic amines) is 1. The molecule has 2 atom stereocenters. The molecule has 2 N–H and O–H groups in total. The Morgan fingerprint density at radius 2 is 1.94 bits per heavy atom. The second kappa shape index (κ2) is 4.89. The zero-order valence-corrected chi connectivity index (χ0v) is 12.0. The molecule has 100 valence electrons. The molecule has 0 spiro atoms. The van der Waals surface area contributed by atoms with Crippen molar-refractivity contribution in [3.63, 3.8) is 0 Å². The molecule has 0 aromatic rings. The molecule has 0 radical (unpaired) electrons. The molecule has 2 fully saturated rings. The SMILES string of the molecule is CCC1CCCCC1(CN)N1CCCC1(C)C. The fraction of sp³-hybridized carbons (Fsp3) is 1.00. The molecule has 2 unspecified atom stereocenters. The van der Waals surface area contributed by atoms with Gasteiger partial charge in [0.05, 0.1) is 0 Å². The maximum absolute atomic E-state index is 6.26. The molecule has 2 heteroatoms. The lowest BCUT2D eigenvalue weighted by molar-refractivity contribution is -0.0344. The van der Waals surface area contributed by atoms with E-state index >= 15 is 0 Å². The van der Waals surface area contributed by atoms with E-state index in [2.05, 4.69) is 25.7 Å². The third-order valence-corrected chi connectivity index (χ3v) is 5.46. The van der Waals surface area contributed by atoms with E-state index in [1.54, 1.807) is 0 Å². The lowest BCUT2D eigenvalue weighted by Gasteiger charge is -2.54. The van der Waals surface area contributed by atoms with Gasteiger partial charge in [-0.15, -0.1) is 0 Å². The fourth-order valence-electron chi connectivity index (χ4n) is 4.55. The van der Waals surface area contributed by atoms with Gasteiger partial charge in [-0.1, -0.05) is 26.2 Å². The topological polar surface area (TPSA) is 29.3 Å². The van der Waals surface area contributed by atoms with E-state index in [1.165, 1.54) is 51.5 Å². The van der Waals surface area contributed by atoms with Crippen molar-refractivity contribution in [1.82, 2.24) is 4.90 Å².